The molecule has 156 valence electrons. The first-order valence-electron chi connectivity index (χ1n) is 8.77. The molecule has 0 saturated carbocycles. The van der Waals surface area contributed by atoms with E-state index >= 15 is 0 Å². The number of hydrogen-bond acceptors (Lipinski definition) is 4. The highest BCUT2D eigenvalue weighted by molar-refractivity contribution is 7.80. The highest BCUT2D eigenvalue weighted by Gasteiger charge is 2.31. The van der Waals surface area contributed by atoms with Crippen molar-refractivity contribution in [1.29, 1.82) is 0 Å². The lowest BCUT2D eigenvalue weighted by Gasteiger charge is -2.18. The molecule has 0 spiro atoms. The zero-order valence-corrected chi connectivity index (χ0v) is 17.2. The van der Waals surface area contributed by atoms with Crippen LogP contribution in [-0.2, 0) is 23.8 Å². The third-order valence-electron chi connectivity index (χ3n) is 4.67. The summed E-state index contributed by atoms with van der Waals surface area (Å²) in [6, 6.07) is 2.02. The number of thiocarbonyl (C=S) groups is 1. The molecule has 29 heavy (non-hydrogen) atoms. The summed E-state index contributed by atoms with van der Waals surface area (Å²) < 4.78 is 57.5. The van der Waals surface area contributed by atoms with E-state index in [9.17, 15) is 22.4 Å². The zero-order valence-electron chi connectivity index (χ0n) is 15.6. The monoisotopic (exact) mass is 446 g/mol. The Kier molecular flexibility index (Phi) is 6.13. The van der Waals surface area contributed by atoms with E-state index in [-0.39, 0.29) is 5.11 Å². The van der Waals surface area contributed by atoms with Crippen LogP contribution in [0.4, 0.5) is 28.3 Å². The van der Waals surface area contributed by atoms with Crippen LogP contribution in [0.2, 0.25) is 0 Å². The van der Waals surface area contributed by atoms with Crippen LogP contribution in [-0.4, -0.2) is 18.2 Å². The maximum absolute atomic E-state index is 14.0. The van der Waals surface area contributed by atoms with Crippen LogP contribution < -0.4 is 10.6 Å². The standard InChI is InChI=1S/C19H18F4N2O2S2/c1-9-3-5-11-14(7-9)29-16(15(11)17(26)27-2)25-18(28)24-13-8-10(19(21,22)23)4-6-12(13)20/h4,6,8-9H,3,5,7H2,1-2H3,(H2,24,25,28). The minimum Gasteiger partial charge on any atom is -0.465 e. The van der Waals surface area contributed by atoms with Crippen molar-refractivity contribution in [3.8, 4) is 0 Å². The van der Waals surface area contributed by atoms with E-state index in [0.29, 0.717) is 28.6 Å². The van der Waals surface area contributed by atoms with Crippen molar-refractivity contribution in [2.24, 2.45) is 5.92 Å². The highest BCUT2D eigenvalue weighted by Crippen LogP contribution is 2.40. The van der Waals surface area contributed by atoms with Crippen LogP contribution >= 0.6 is 23.6 Å². The van der Waals surface area contributed by atoms with Gasteiger partial charge in [0, 0.05) is 4.88 Å². The number of carbonyl (C=O) groups is 1. The topological polar surface area (TPSA) is 50.4 Å². The first kappa shape index (κ1) is 21.5. The van der Waals surface area contributed by atoms with Crippen molar-refractivity contribution in [2.45, 2.75) is 32.4 Å². The molecule has 2 aromatic rings. The number of nitrogens with one attached hydrogen (secondary N) is 2. The fourth-order valence-corrected chi connectivity index (χ4v) is 4.89. The van der Waals surface area contributed by atoms with Gasteiger partial charge in [0.2, 0.25) is 0 Å². The third kappa shape index (κ3) is 4.69. The molecule has 1 aromatic heterocycles. The lowest BCUT2D eigenvalue weighted by molar-refractivity contribution is -0.137. The van der Waals surface area contributed by atoms with Gasteiger partial charge in [0.1, 0.15) is 10.8 Å². The van der Waals surface area contributed by atoms with Gasteiger partial charge in [0.25, 0.3) is 0 Å². The quantitative estimate of drug-likeness (QED) is 0.364. The van der Waals surface area contributed by atoms with Crippen LogP contribution in [0.3, 0.4) is 0 Å². The Morgan fingerprint density at radius 3 is 2.69 bits per heavy atom. The summed E-state index contributed by atoms with van der Waals surface area (Å²) in [6.45, 7) is 2.12. The summed E-state index contributed by atoms with van der Waals surface area (Å²) >= 11 is 6.49. The number of fused-ring (bicyclic) bond motifs is 1. The van der Waals surface area contributed by atoms with Crippen molar-refractivity contribution < 1.29 is 27.1 Å². The fourth-order valence-electron chi connectivity index (χ4n) is 3.21. The van der Waals surface area contributed by atoms with Gasteiger partial charge in [-0.1, -0.05) is 6.92 Å². The number of anilines is 2. The third-order valence-corrected chi connectivity index (χ3v) is 6.04. The van der Waals surface area contributed by atoms with Gasteiger partial charge in [0.15, 0.2) is 5.11 Å². The van der Waals surface area contributed by atoms with Gasteiger partial charge in [-0.05, 0) is 61.2 Å². The number of methoxy groups -OCH3 is 1. The second kappa shape index (κ2) is 8.27. The fraction of sp³-hybridized carbons (Fsp3) is 0.368. The SMILES string of the molecule is COC(=O)c1c(NC(=S)Nc2cc(C(F)(F)F)ccc2F)sc2c1CCC(C)C2. The molecule has 1 atom stereocenters. The molecule has 0 radical (unpaired) electrons. The molecular formula is C19H18F4N2O2S2. The molecule has 0 aliphatic heterocycles. The molecule has 0 saturated heterocycles. The number of benzene rings is 1. The van der Waals surface area contributed by atoms with Crippen molar-refractivity contribution in [3.63, 3.8) is 0 Å². The van der Waals surface area contributed by atoms with E-state index in [1.165, 1.54) is 18.4 Å². The number of esters is 1. The first-order chi connectivity index (χ1) is 13.6. The van der Waals surface area contributed by atoms with Gasteiger partial charge in [0.05, 0.1) is 23.9 Å². The number of halogens is 4. The lowest BCUT2D eigenvalue weighted by atomic mass is 9.88. The maximum atomic E-state index is 14.0. The van der Waals surface area contributed by atoms with Gasteiger partial charge >= 0.3 is 12.1 Å². The molecule has 4 nitrogen and oxygen atoms in total. The van der Waals surface area contributed by atoms with Crippen molar-refractivity contribution in [2.75, 3.05) is 17.7 Å². The number of ether oxygens (including phenoxy) is 1. The zero-order chi connectivity index (χ0) is 21.3. The van der Waals surface area contributed by atoms with E-state index in [2.05, 4.69) is 17.6 Å². The maximum Gasteiger partial charge on any atom is 0.416 e. The average molecular weight is 446 g/mol. The second-order valence-electron chi connectivity index (χ2n) is 6.82. The van der Waals surface area contributed by atoms with E-state index < -0.39 is 29.2 Å². The van der Waals surface area contributed by atoms with E-state index in [1.807, 2.05) is 0 Å². The number of thiophene rings is 1. The molecule has 3 rings (SSSR count). The molecular weight excluding hydrogens is 428 g/mol. The van der Waals surface area contributed by atoms with Gasteiger partial charge in [-0.25, -0.2) is 9.18 Å². The predicted octanol–water partition coefficient (Wildman–Crippen LogP) is 5.63. The number of rotatable bonds is 3. The van der Waals surface area contributed by atoms with E-state index in [1.54, 1.807) is 0 Å². The minimum absolute atomic E-state index is 0.125. The Balaban J connectivity index is 1.86. The van der Waals surface area contributed by atoms with Gasteiger partial charge < -0.3 is 15.4 Å². The molecule has 1 heterocycles. The van der Waals surface area contributed by atoms with Gasteiger partial charge in [-0.15, -0.1) is 11.3 Å². The molecule has 1 aromatic carbocycles. The second-order valence-corrected chi connectivity index (χ2v) is 8.33. The number of alkyl halides is 3. The lowest BCUT2D eigenvalue weighted by Crippen LogP contribution is -2.21. The summed E-state index contributed by atoms with van der Waals surface area (Å²) in [5.74, 6) is -0.925. The molecule has 1 aliphatic carbocycles. The Labute approximate surface area is 174 Å². The van der Waals surface area contributed by atoms with E-state index in [0.717, 1.165) is 35.8 Å². The summed E-state index contributed by atoms with van der Waals surface area (Å²) in [5, 5.41) is 5.57. The molecule has 0 fully saturated rings. The van der Waals surface area contributed by atoms with Crippen LogP contribution in [0.1, 0.15) is 39.7 Å². The van der Waals surface area contributed by atoms with E-state index in [4.69, 9.17) is 17.0 Å². The normalized spacial score (nSPS) is 16.1. The van der Waals surface area contributed by atoms with Crippen LogP contribution in [0.5, 0.6) is 0 Å². The molecule has 10 heteroatoms. The summed E-state index contributed by atoms with van der Waals surface area (Å²) in [7, 11) is 1.27. The summed E-state index contributed by atoms with van der Waals surface area (Å²) in [6.07, 6.45) is -2.14. The molecule has 0 bridgehead atoms. The van der Waals surface area contributed by atoms with Crippen LogP contribution in [0.25, 0.3) is 0 Å². The van der Waals surface area contributed by atoms with Crippen molar-refractivity contribution in [3.05, 3.63) is 45.6 Å². The van der Waals surface area contributed by atoms with Gasteiger partial charge in [-0.2, -0.15) is 13.2 Å². The Morgan fingerprint density at radius 1 is 1.31 bits per heavy atom. The highest BCUT2D eigenvalue weighted by atomic mass is 32.1. The molecule has 1 aliphatic rings. The van der Waals surface area contributed by atoms with Crippen LogP contribution in [0.15, 0.2) is 18.2 Å². The largest absolute Gasteiger partial charge is 0.465 e. The van der Waals surface area contributed by atoms with Gasteiger partial charge in [-0.3, -0.25) is 0 Å². The summed E-state index contributed by atoms with van der Waals surface area (Å²) in [4.78, 5) is 13.3. The summed E-state index contributed by atoms with van der Waals surface area (Å²) in [5.41, 5.74) is -0.143. The Morgan fingerprint density at radius 2 is 2.03 bits per heavy atom. The van der Waals surface area contributed by atoms with Crippen molar-refractivity contribution >= 4 is 45.3 Å². The average Bonchev–Trinajstić information content (AvgIpc) is 2.98. The first-order valence-corrected chi connectivity index (χ1v) is 10.00. The van der Waals surface area contributed by atoms with Crippen molar-refractivity contribution in [1.82, 2.24) is 0 Å². The number of hydrogen-bond donors (Lipinski definition) is 2. The molecule has 1 unspecified atom stereocenters. The number of carbonyl (C=O) groups excluding carboxylic acids is 1. The molecule has 0 amide bonds. The molecule has 2 N–H and O–H groups in total. The van der Waals surface area contributed by atoms with Crippen LogP contribution in [0, 0.1) is 11.7 Å². The Hall–Kier alpha value is -2.20. The smallest absolute Gasteiger partial charge is 0.416 e. The predicted molar refractivity (Wildman–Crippen MR) is 108 cm³/mol. The minimum atomic E-state index is -4.61. The Bertz CT molecular complexity index is 956.